The summed E-state index contributed by atoms with van der Waals surface area (Å²) < 4.78 is 0. The van der Waals surface area contributed by atoms with Crippen molar-refractivity contribution in [3.63, 3.8) is 0 Å². The molecule has 4 aromatic carbocycles. The minimum absolute atomic E-state index is 0.868. The molecule has 0 bridgehead atoms. The van der Waals surface area contributed by atoms with Gasteiger partial charge in [-0.15, -0.1) is 0 Å². The molecular weight excluding hydrogens is 364 g/mol. The van der Waals surface area contributed by atoms with Crippen LogP contribution >= 0.6 is 0 Å². The van der Waals surface area contributed by atoms with Gasteiger partial charge in [0.1, 0.15) is 0 Å². The summed E-state index contributed by atoms with van der Waals surface area (Å²) in [7, 11) is 0. The van der Waals surface area contributed by atoms with E-state index in [1.165, 1.54) is 55.9 Å². The molecule has 146 valence electrons. The molecule has 2 aliphatic carbocycles. The minimum atomic E-state index is 0.868. The van der Waals surface area contributed by atoms with Crippen LogP contribution in [0.4, 0.5) is 11.4 Å². The number of hydrogen-bond donors (Lipinski definition) is 1. The number of rotatable bonds is 4. The second-order valence-corrected chi connectivity index (χ2v) is 8.12. The van der Waals surface area contributed by atoms with Crippen molar-refractivity contribution in [3.05, 3.63) is 107 Å². The van der Waals surface area contributed by atoms with E-state index in [1.54, 1.807) is 0 Å². The molecule has 0 heterocycles. The Labute approximate surface area is 177 Å². The van der Waals surface area contributed by atoms with E-state index in [9.17, 15) is 0 Å². The Morgan fingerprint density at radius 2 is 1.07 bits per heavy atom. The van der Waals surface area contributed by atoms with Gasteiger partial charge in [-0.3, -0.25) is 5.01 Å². The highest BCUT2D eigenvalue weighted by molar-refractivity contribution is 5.87. The Morgan fingerprint density at radius 3 is 1.57 bits per heavy atom. The highest BCUT2D eigenvalue weighted by Crippen LogP contribution is 2.46. The fraction of sp³-hybridized carbons (Fsp3) is 0.143. The lowest BCUT2D eigenvalue weighted by Crippen LogP contribution is -2.35. The SMILES string of the molecule is CCNN(c1cccc2c1Cc1ccccc1-2)c1cccc2c1Cc1ccccc1-2. The van der Waals surface area contributed by atoms with Crippen molar-refractivity contribution >= 4 is 11.4 Å². The summed E-state index contributed by atoms with van der Waals surface area (Å²) in [5.74, 6) is 0. The molecule has 2 heteroatoms. The van der Waals surface area contributed by atoms with Crippen LogP contribution in [0.2, 0.25) is 0 Å². The van der Waals surface area contributed by atoms with Crippen molar-refractivity contribution in [1.29, 1.82) is 0 Å². The van der Waals surface area contributed by atoms with Crippen LogP contribution in [0.3, 0.4) is 0 Å². The summed E-state index contributed by atoms with van der Waals surface area (Å²) in [6.07, 6.45) is 1.97. The predicted molar refractivity (Wildman–Crippen MR) is 125 cm³/mol. The fourth-order valence-electron chi connectivity index (χ4n) is 5.16. The van der Waals surface area contributed by atoms with E-state index in [4.69, 9.17) is 0 Å². The van der Waals surface area contributed by atoms with E-state index in [-0.39, 0.29) is 0 Å². The summed E-state index contributed by atoms with van der Waals surface area (Å²) in [5.41, 5.74) is 17.3. The normalized spacial score (nSPS) is 12.8. The third-order valence-electron chi connectivity index (χ3n) is 6.45. The summed E-state index contributed by atoms with van der Waals surface area (Å²) in [6, 6.07) is 31.0. The Balaban J connectivity index is 1.51. The highest BCUT2D eigenvalue weighted by atomic mass is 15.5. The van der Waals surface area contributed by atoms with Gasteiger partial charge < -0.3 is 0 Å². The Bertz CT molecular complexity index is 1170. The maximum atomic E-state index is 3.66. The Morgan fingerprint density at radius 1 is 0.600 bits per heavy atom. The molecule has 0 radical (unpaired) electrons. The quantitative estimate of drug-likeness (QED) is 0.347. The zero-order chi connectivity index (χ0) is 20.1. The summed E-state index contributed by atoms with van der Waals surface area (Å²) >= 11 is 0. The number of nitrogens with one attached hydrogen (secondary N) is 1. The number of benzene rings is 4. The van der Waals surface area contributed by atoms with E-state index in [0.717, 1.165) is 19.4 Å². The summed E-state index contributed by atoms with van der Waals surface area (Å²) in [6.45, 7) is 3.04. The van der Waals surface area contributed by atoms with Crippen LogP contribution in [0, 0.1) is 0 Å². The van der Waals surface area contributed by atoms with Crippen LogP contribution < -0.4 is 10.4 Å². The first kappa shape index (κ1) is 17.5. The van der Waals surface area contributed by atoms with Gasteiger partial charge in [-0.05, 0) is 56.6 Å². The van der Waals surface area contributed by atoms with Gasteiger partial charge in [0, 0.05) is 19.4 Å². The largest absolute Gasteiger partial charge is 0.276 e. The molecule has 0 saturated carbocycles. The maximum Gasteiger partial charge on any atom is 0.0619 e. The Kier molecular flexibility index (Phi) is 4.00. The monoisotopic (exact) mass is 388 g/mol. The standard InChI is InChI=1S/C28H24N2/c1-2-29-30(27-15-7-13-23-21-11-5-3-9-19(21)17-25(23)27)28-16-8-14-24-22-12-6-4-10-20(22)18-26(24)28/h3-16,29H,2,17-18H2,1H3. The molecule has 0 spiro atoms. The maximum absolute atomic E-state index is 3.66. The lowest BCUT2D eigenvalue weighted by atomic mass is 10.0. The average molecular weight is 389 g/mol. The van der Waals surface area contributed by atoms with Crippen molar-refractivity contribution in [2.45, 2.75) is 19.8 Å². The molecule has 0 amide bonds. The first-order valence-corrected chi connectivity index (χ1v) is 10.8. The molecule has 30 heavy (non-hydrogen) atoms. The molecule has 2 nitrogen and oxygen atoms in total. The van der Waals surface area contributed by atoms with E-state index >= 15 is 0 Å². The lowest BCUT2D eigenvalue weighted by Gasteiger charge is -2.29. The fourth-order valence-corrected chi connectivity index (χ4v) is 5.16. The van der Waals surface area contributed by atoms with Gasteiger partial charge in [0.15, 0.2) is 0 Å². The summed E-state index contributed by atoms with van der Waals surface area (Å²) in [5, 5.41) is 2.33. The van der Waals surface area contributed by atoms with Crippen LogP contribution in [0.25, 0.3) is 22.3 Å². The van der Waals surface area contributed by atoms with Gasteiger partial charge in [-0.2, -0.15) is 0 Å². The molecule has 0 aliphatic heterocycles. The van der Waals surface area contributed by atoms with E-state index in [2.05, 4.69) is 102 Å². The third-order valence-corrected chi connectivity index (χ3v) is 6.45. The van der Waals surface area contributed by atoms with Gasteiger partial charge in [0.2, 0.25) is 0 Å². The molecular formula is C28H24N2. The topological polar surface area (TPSA) is 15.3 Å². The second-order valence-electron chi connectivity index (χ2n) is 8.12. The first-order chi connectivity index (χ1) is 14.8. The zero-order valence-corrected chi connectivity index (χ0v) is 17.2. The number of nitrogens with zero attached hydrogens (tertiary/aromatic N) is 1. The third kappa shape index (κ3) is 2.54. The molecule has 0 unspecified atom stereocenters. The molecule has 0 saturated heterocycles. The van der Waals surface area contributed by atoms with Crippen LogP contribution in [0.5, 0.6) is 0 Å². The molecule has 1 N–H and O–H groups in total. The second kappa shape index (κ2) is 6.86. The lowest BCUT2D eigenvalue weighted by molar-refractivity contribution is 0.736. The molecule has 0 aromatic heterocycles. The summed E-state index contributed by atoms with van der Waals surface area (Å²) in [4.78, 5) is 0. The molecule has 6 rings (SSSR count). The van der Waals surface area contributed by atoms with Crippen LogP contribution in [-0.2, 0) is 12.8 Å². The van der Waals surface area contributed by atoms with E-state index in [0.29, 0.717) is 0 Å². The van der Waals surface area contributed by atoms with Crippen molar-refractivity contribution in [1.82, 2.24) is 5.43 Å². The average Bonchev–Trinajstić information content (AvgIpc) is 3.36. The van der Waals surface area contributed by atoms with Crippen molar-refractivity contribution in [2.24, 2.45) is 0 Å². The zero-order valence-electron chi connectivity index (χ0n) is 17.2. The number of hydrazine groups is 1. The van der Waals surface area contributed by atoms with Crippen LogP contribution in [0.15, 0.2) is 84.9 Å². The number of hydrogen-bond acceptors (Lipinski definition) is 2. The van der Waals surface area contributed by atoms with Gasteiger partial charge >= 0.3 is 0 Å². The predicted octanol–water partition coefficient (Wildman–Crippen LogP) is 6.49. The van der Waals surface area contributed by atoms with Crippen molar-refractivity contribution in [3.8, 4) is 22.3 Å². The smallest absolute Gasteiger partial charge is 0.0619 e. The van der Waals surface area contributed by atoms with Crippen LogP contribution in [-0.4, -0.2) is 6.54 Å². The number of fused-ring (bicyclic) bond motifs is 6. The molecule has 0 fully saturated rings. The van der Waals surface area contributed by atoms with E-state index < -0.39 is 0 Å². The van der Waals surface area contributed by atoms with Crippen molar-refractivity contribution in [2.75, 3.05) is 11.6 Å². The first-order valence-electron chi connectivity index (χ1n) is 10.8. The van der Waals surface area contributed by atoms with Gasteiger partial charge in [-0.25, -0.2) is 5.43 Å². The van der Waals surface area contributed by atoms with Crippen molar-refractivity contribution < 1.29 is 0 Å². The number of anilines is 2. The van der Waals surface area contributed by atoms with Gasteiger partial charge in [0.05, 0.1) is 11.4 Å². The molecule has 4 aromatic rings. The van der Waals surface area contributed by atoms with E-state index in [1.807, 2.05) is 0 Å². The minimum Gasteiger partial charge on any atom is -0.276 e. The molecule has 0 atom stereocenters. The van der Waals surface area contributed by atoms with Gasteiger partial charge in [-0.1, -0.05) is 79.7 Å². The highest BCUT2D eigenvalue weighted by Gasteiger charge is 2.27. The molecule has 2 aliphatic rings. The van der Waals surface area contributed by atoms with Gasteiger partial charge in [0.25, 0.3) is 0 Å². The Hall–Kier alpha value is -3.36. The van der Waals surface area contributed by atoms with Crippen LogP contribution in [0.1, 0.15) is 29.2 Å².